The van der Waals surface area contributed by atoms with Crippen LogP contribution in [0.5, 0.6) is 0 Å². The molecule has 5 heteroatoms. The van der Waals surface area contributed by atoms with Gasteiger partial charge in [0.2, 0.25) is 0 Å². The van der Waals surface area contributed by atoms with Crippen molar-refractivity contribution < 1.29 is 4.52 Å². The van der Waals surface area contributed by atoms with E-state index in [0.29, 0.717) is 0 Å². The van der Waals surface area contributed by atoms with Gasteiger partial charge in [-0.25, -0.2) is 0 Å². The van der Waals surface area contributed by atoms with Crippen LogP contribution in [0.25, 0.3) is 0 Å². The molecule has 3 nitrogen and oxygen atoms in total. The molecule has 0 aliphatic heterocycles. The van der Waals surface area contributed by atoms with Gasteiger partial charge in [-0.15, -0.1) is 11.3 Å². The van der Waals surface area contributed by atoms with Crippen LogP contribution in [0.3, 0.4) is 0 Å². The van der Waals surface area contributed by atoms with Gasteiger partial charge in [0.05, 0.1) is 10.0 Å². The lowest BCUT2D eigenvalue weighted by Crippen LogP contribution is -2.17. The second-order valence-corrected chi connectivity index (χ2v) is 5.79. The van der Waals surface area contributed by atoms with Gasteiger partial charge in [-0.3, -0.25) is 0 Å². The molecule has 0 aliphatic rings. The first-order chi connectivity index (χ1) is 8.08. The van der Waals surface area contributed by atoms with Crippen molar-refractivity contribution >= 4 is 22.9 Å². The van der Waals surface area contributed by atoms with Gasteiger partial charge in [0, 0.05) is 23.0 Å². The summed E-state index contributed by atoms with van der Waals surface area (Å²) in [7, 11) is 0. The van der Waals surface area contributed by atoms with Gasteiger partial charge in [0.1, 0.15) is 5.76 Å². The SMILES string of the molecule is Cc1noc(C)c1CNC(C)c1ccc(Cl)s1. The van der Waals surface area contributed by atoms with Crippen molar-refractivity contribution in [3.05, 3.63) is 38.4 Å². The maximum atomic E-state index is 5.92. The Bertz CT molecular complexity index is 487. The fourth-order valence-corrected chi connectivity index (χ4v) is 2.76. The van der Waals surface area contributed by atoms with E-state index in [1.54, 1.807) is 11.3 Å². The summed E-state index contributed by atoms with van der Waals surface area (Å²) < 4.78 is 5.95. The molecule has 2 heterocycles. The Morgan fingerprint density at radius 3 is 2.76 bits per heavy atom. The molecule has 2 aromatic rings. The maximum Gasteiger partial charge on any atom is 0.138 e. The van der Waals surface area contributed by atoms with Crippen molar-refractivity contribution in [1.29, 1.82) is 0 Å². The number of thiophene rings is 1. The van der Waals surface area contributed by atoms with Crippen molar-refractivity contribution in [2.75, 3.05) is 0 Å². The summed E-state index contributed by atoms with van der Waals surface area (Å²) in [6.07, 6.45) is 0. The summed E-state index contributed by atoms with van der Waals surface area (Å²) in [6, 6.07) is 4.26. The summed E-state index contributed by atoms with van der Waals surface area (Å²) >= 11 is 7.53. The molecule has 0 spiro atoms. The van der Waals surface area contributed by atoms with Crippen LogP contribution in [0.1, 0.15) is 34.9 Å². The first-order valence-electron chi connectivity index (χ1n) is 5.48. The van der Waals surface area contributed by atoms with Crippen LogP contribution in [0.15, 0.2) is 16.7 Å². The highest BCUT2D eigenvalue weighted by Gasteiger charge is 2.12. The minimum Gasteiger partial charge on any atom is -0.361 e. The lowest BCUT2D eigenvalue weighted by Gasteiger charge is -2.11. The van der Waals surface area contributed by atoms with E-state index < -0.39 is 0 Å². The Labute approximate surface area is 110 Å². The minimum absolute atomic E-state index is 0.279. The summed E-state index contributed by atoms with van der Waals surface area (Å²) in [5.41, 5.74) is 2.09. The monoisotopic (exact) mass is 270 g/mol. The van der Waals surface area contributed by atoms with E-state index in [2.05, 4.69) is 23.5 Å². The fraction of sp³-hybridized carbons (Fsp3) is 0.417. The van der Waals surface area contributed by atoms with Gasteiger partial charge < -0.3 is 9.84 Å². The van der Waals surface area contributed by atoms with Gasteiger partial charge in [-0.1, -0.05) is 16.8 Å². The predicted octanol–water partition coefficient (Wildman–Crippen LogP) is 3.86. The number of aryl methyl sites for hydroxylation is 2. The quantitative estimate of drug-likeness (QED) is 0.917. The molecule has 1 unspecified atom stereocenters. The molecule has 0 aromatic carbocycles. The van der Waals surface area contributed by atoms with Gasteiger partial charge in [-0.2, -0.15) is 0 Å². The van der Waals surface area contributed by atoms with Crippen molar-refractivity contribution in [2.24, 2.45) is 0 Å². The van der Waals surface area contributed by atoms with E-state index in [4.69, 9.17) is 16.1 Å². The molecule has 0 bridgehead atoms. The maximum absolute atomic E-state index is 5.92. The molecule has 0 aliphatic carbocycles. The third-order valence-corrected chi connectivity index (χ3v) is 4.20. The van der Waals surface area contributed by atoms with Crippen molar-refractivity contribution in [3.63, 3.8) is 0 Å². The number of halogens is 1. The smallest absolute Gasteiger partial charge is 0.138 e. The highest BCUT2D eigenvalue weighted by atomic mass is 35.5. The minimum atomic E-state index is 0.279. The van der Waals surface area contributed by atoms with Gasteiger partial charge in [-0.05, 0) is 32.9 Å². The van der Waals surface area contributed by atoms with E-state index in [1.807, 2.05) is 19.9 Å². The van der Waals surface area contributed by atoms with E-state index in [-0.39, 0.29) is 6.04 Å². The summed E-state index contributed by atoms with van der Waals surface area (Å²) in [6.45, 7) is 6.78. The van der Waals surface area contributed by atoms with Crippen LogP contribution in [0.4, 0.5) is 0 Å². The number of rotatable bonds is 4. The van der Waals surface area contributed by atoms with Gasteiger partial charge in [0.15, 0.2) is 0 Å². The number of nitrogens with one attached hydrogen (secondary N) is 1. The largest absolute Gasteiger partial charge is 0.361 e. The average Bonchev–Trinajstić information content (AvgIpc) is 2.84. The fourth-order valence-electron chi connectivity index (χ4n) is 1.67. The normalized spacial score (nSPS) is 12.9. The molecule has 0 saturated carbocycles. The van der Waals surface area contributed by atoms with Crippen molar-refractivity contribution in [1.82, 2.24) is 10.5 Å². The highest BCUT2D eigenvalue weighted by Crippen LogP contribution is 2.27. The van der Waals surface area contributed by atoms with Crippen molar-refractivity contribution in [2.45, 2.75) is 33.4 Å². The van der Waals surface area contributed by atoms with E-state index in [1.165, 1.54) is 4.88 Å². The van der Waals surface area contributed by atoms with E-state index in [9.17, 15) is 0 Å². The molecule has 17 heavy (non-hydrogen) atoms. The standard InChI is InChI=1S/C12H15ClN2OS/c1-7-10(9(3)16-15-7)6-14-8(2)11-4-5-12(13)17-11/h4-5,8,14H,6H2,1-3H3. The van der Waals surface area contributed by atoms with Crippen LogP contribution in [0.2, 0.25) is 4.34 Å². The Kier molecular flexibility index (Phi) is 3.86. The molecule has 0 fully saturated rings. The number of nitrogens with zero attached hydrogens (tertiary/aromatic N) is 1. The molecule has 92 valence electrons. The molecule has 1 N–H and O–H groups in total. The molecule has 2 aromatic heterocycles. The molecule has 2 rings (SSSR count). The first kappa shape index (κ1) is 12.6. The van der Waals surface area contributed by atoms with Gasteiger partial charge >= 0.3 is 0 Å². The molecule has 0 radical (unpaired) electrons. The summed E-state index contributed by atoms with van der Waals surface area (Å²) in [5.74, 6) is 0.881. The Hall–Kier alpha value is -0.840. The zero-order chi connectivity index (χ0) is 12.4. The average molecular weight is 271 g/mol. The first-order valence-corrected chi connectivity index (χ1v) is 6.67. The lowest BCUT2D eigenvalue weighted by molar-refractivity contribution is 0.391. The second-order valence-electron chi connectivity index (χ2n) is 4.05. The van der Waals surface area contributed by atoms with Crippen LogP contribution < -0.4 is 5.32 Å². The molecular formula is C12H15ClN2OS. The lowest BCUT2D eigenvalue weighted by atomic mass is 10.2. The summed E-state index contributed by atoms with van der Waals surface area (Å²) in [5, 5.41) is 7.39. The van der Waals surface area contributed by atoms with E-state index >= 15 is 0 Å². The van der Waals surface area contributed by atoms with Crippen LogP contribution in [0, 0.1) is 13.8 Å². The number of aromatic nitrogens is 1. The second kappa shape index (κ2) is 5.21. The Morgan fingerprint density at radius 1 is 1.47 bits per heavy atom. The molecule has 0 amide bonds. The molecule has 0 saturated heterocycles. The van der Waals surface area contributed by atoms with Crippen LogP contribution in [-0.2, 0) is 6.54 Å². The van der Waals surface area contributed by atoms with Crippen molar-refractivity contribution in [3.8, 4) is 0 Å². The van der Waals surface area contributed by atoms with Gasteiger partial charge in [0.25, 0.3) is 0 Å². The molecule has 1 atom stereocenters. The topological polar surface area (TPSA) is 38.1 Å². The number of hydrogen-bond acceptors (Lipinski definition) is 4. The van der Waals surface area contributed by atoms with Crippen LogP contribution in [-0.4, -0.2) is 5.16 Å². The number of hydrogen-bond donors (Lipinski definition) is 1. The summed E-state index contributed by atoms with van der Waals surface area (Å²) in [4.78, 5) is 1.24. The highest BCUT2D eigenvalue weighted by molar-refractivity contribution is 7.16. The third kappa shape index (κ3) is 2.89. The zero-order valence-electron chi connectivity index (χ0n) is 10.1. The van der Waals surface area contributed by atoms with E-state index in [0.717, 1.165) is 27.9 Å². The Balaban J connectivity index is 1.99. The van der Waals surface area contributed by atoms with Crippen LogP contribution >= 0.6 is 22.9 Å². The molecular weight excluding hydrogens is 256 g/mol. The Morgan fingerprint density at radius 2 is 2.24 bits per heavy atom. The predicted molar refractivity (Wildman–Crippen MR) is 70.6 cm³/mol. The zero-order valence-corrected chi connectivity index (χ0v) is 11.7. The third-order valence-electron chi connectivity index (χ3n) is 2.79.